The van der Waals surface area contributed by atoms with E-state index in [1.807, 2.05) is 18.2 Å². The van der Waals surface area contributed by atoms with Gasteiger partial charge in [0.2, 0.25) is 0 Å². The minimum atomic E-state index is -0.993. The Morgan fingerprint density at radius 1 is 1.22 bits per heavy atom. The van der Waals surface area contributed by atoms with Crippen LogP contribution in [0.5, 0.6) is 5.75 Å². The van der Waals surface area contributed by atoms with E-state index in [1.165, 1.54) is 54.8 Å². The molecule has 140 valence electrons. The molecule has 5 heteroatoms. The highest BCUT2D eigenvalue weighted by Crippen LogP contribution is 2.38. The second-order valence-corrected chi connectivity index (χ2v) is 7.26. The van der Waals surface area contributed by atoms with Gasteiger partial charge in [-0.3, -0.25) is 0 Å². The lowest BCUT2D eigenvalue weighted by Crippen LogP contribution is -2.08. The number of aromatic carboxylic acids is 1. The zero-order chi connectivity index (χ0) is 18.8. The third kappa shape index (κ3) is 3.54. The molecule has 0 radical (unpaired) electrons. The quantitative estimate of drug-likeness (QED) is 0.675. The molecule has 0 bridgehead atoms. The van der Waals surface area contributed by atoms with Crippen LogP contribution in [0.4, 0.5) is 0 Å². The summed E-state index contributed by atoms with van der Waals surface area (Å²) in [7, 11) is 1.67. The second-order valence-electron chi connectivity index (χ2n) is 7.26. The number of hydrogen-bond acceptors (Lipinski definition) is 3. The van der Waals surface area contributed by atoms with Crippen molar-refractivity contribution >= 4 is 16.9 Å². The third-order valence-electron chi connectivity index (χ3n) is 5.54. The number of pyridine rings is 1. The number of rotatable bonds is 5. The fraction of sp³-hybridized carbons (Fsp3) is 0.364. The molecule has 0 atom stereocenters. The topological polar surface area (TPSA) is 75.2 Å². The summed E-state index contributed by atoms with van der Waals surface area (Å²) in [6, 6.07) is 11.3. The second kappa shape index (κ2) is 7.43. The minimum Gasteiger partial charge on any atom is -0.497 e. The fourth-order valence-electron chi connectivity index (χ4n) is 4.19. The molecule has 1 aliphatic carbocycles. The van der Waals surface area contributed by atoms with Crippen LogP contribution in [0, 0.1) is 0 Å². The third-order valence-corrected chi connectivity index (χ3v) is 5.54. The van der Waals surface area contributed by atoms with Crippen LogP contribution in [0.25, 0.3) is 10.9 Å². The monoisotopic (exact) mass is 364 g/mol. The molecule has 0 aliphatic heterocycles. The van der Waals surface area contributed by atoms with E-state index in [0.29, 0.717) is 12.3 Å². The molecule has 2 aromatic heterocycles. The number of hydrogen-bond donors (Lipinski definition) is 2. The molecule has 1 aromatic carbocycles. The van der Waals surface area contributed by atoms with Gasteiger partial charge in [-0.05, 0) is 48.6 Å². The predicted molar refractivity (Wildman–Crippen MR) is 105 cm³/mol. The highest BCUT2D eigenvalue weighted by atomic mass is 16.5. The van der Waals surface area contributed by atoms with Crippen molar-refractivity contribution in [2.45, 2.75) is 44.4 Å². The van der Waals surface area contributed by atoms with Gasteiger partial charge in [-0.1, -0.05) is 25.3 Å². The van der Waals surface area contributed by atoms with Crippen molar-refractivity contribution in [1.29, 1.82) is 0 Å². The molecule has 1 saturated carbocycles. The first-order chi connectivity index (χ1) is 13.2. The number of carboxylic acid groups (broad SMARTS) is 1. The molecule has 2 N–H and O–H groups in total. The molecule has 27 heavy (non-hydrogen) atoms. The molecule has 1 aliphatic rings. The lowest BCUT2D eigenvalue weighted by Gasteiger charge is -2.22. The van der Waals surface area contributed by atoms with Crippen molar-refractivity contribution in [3.63, 3.8) is 0 Å². The predicted octanol–water partition coefficient (Wildman–Crippen LogP) is 4.91. The van der Waals surface area contributed by atoms with E-state index in [2.05, 4.69) is 16.0 Å². The van der Waals surface area contributed by atoms with Crippen molar-refractivity contribution in [3.8, 4) is 5.75 Å². The van der Waals surface area contributed by atoms with Gasteiger partial charge in [0.05, 0.1) is 7.11 Å². The Kier molecular flexibility index (Phi) is 4.84. The zero-order valence-corrected chi connectivity index (χ0v) is 15.5. The lowest BCUT2D eigenvalue weighted by atomic mass is 9.84. The number of benzene rings is 1. The van der Waals surface area contributed by atoms with Gasteiger partial charge in [0.1, 0.15) is 11.4 Å². The molecule has 1 fully saturated rings. The maximum absolute atomic E-state index is 11.3. The zero-order valence-electron chi connectivity index (χ0n) is 15.5. The van der Waals surface area contributed by atoms with Crippen molar-refractivity contribution in [1.82, 2.24) is 9.97 Å². The van der Waals surface area contributed by atoms with E-state index >= 15 is 0 Å². The van der Waals surface area contributed by atoms with Crippen LogP contribution >= 0.6 is 0 Å². The van der Waals surface area contributed by atoms with Crippen LogP contribution in [0.2, 0.25) is 0 Å². The molecule has 0 spiro atoms. The molecule has 0 amide bonds. The molecular weight excluding hydrogens is 340 g/mol. The fourth-order valence-corrected chi connectivity index (χ4v) is 4.19. The number of aromatic nitrogens is 2. The number of aromatic amines is 1. The van der Waals surface area contributed by atoms with Crippen molar-refractivity contribution in [3.05, 3.63) is 59.0 Å². The molecule has 2 heterocycles. The maximum Gasteiger partial charge on any atom is 0.354 e. The minimum absolute atomic E-state index is 0.0910. The Balaban J connectivity index is 1.79. The van der Waals surface area contributed by atoms with E-state index in [-0.39, 0.29) is 5.69 Å². The van der Waals surface area contributed by atoms with E-state index < -0.39 is 5.97 Å². The highest BCUT2D eigenvalue weighted by Gasteiger charge is 2.23. The summed E-state index contributed by atoms with van der Waals surface area (Å²) in [4.78, 5) is 19.2. The number of nitrogens with zero attached hydrogens (tertiary/aromatic N) is 1. The first-order valence-electron chi connectivity index (χ1n) is 9.53. The summed E-state index contributed by atoms with van der Waals surface area (Å²) in [5, 5.41) is 10.4. The van der Waals surface area contributed by atoms with Crippen LogP contribution in [-0.2, 0) is 6.42 Å². The van der Waals surface area contributed by atoms with Gasteiger partial charge >= 0.3 is 5.97 Å². The van der Waals surface area contributed by atoms with Crippen LogP contribution in [0.15, 0.2) is 36.4 Å². The van der Waals surface area contributed by atoms with Gasteiger partial charge in [-0.2, -0.15) is 0 Å². The van der Waals surface area contributed by atoms with E-state index in [0.717, 1.165) is 17.0 Å². The van der Waals surface area contributed by atoms with Crippen molar-refractivity contribution < 1.29 is 14.6 Å². The van der Waals surface area contributed by atoms with Gasteiger partial charge in [0.25, 0.3) is 0 Å². The molecular formula is C22H24N2O3. The standard InChI is InChI=1S/C22H24N2O3/c1-27-16-10-11-17-18(12-15-8-5-9-19(23-15)22(25)26)21(24-20(17)13-16)14-6-3-2-4-7-14/h5,8-11,13-14,24H,2-4,6-7,12H2,1H3,(H,25,26). The Bertz CT molecular complexity index is 971. The van der Waals surface area contributed by atoms with Crippen LogP contribution < -0.4 is 4.74 Å². The number of carboxylic acids is 1. The van der Waals surface area contributed by atoms with Gasteiger partial charge in [-0.15, -0.1) is 0 Å². The molecule has 3 aromatic rings. The summed E-state index contributed by atoms with van der Waals surface area (Å²) in [5.74, 6) is 0.360. The van der Waals surface area contributed by atoms with E-state index in [1.54, 1.807) is 13.2 Å². The average Bonchev–Trinajstić information content (AvgIpc) is 3.06. The number of carbonyl (C=O) groups is 1. The number of H-pyrrole nitrogens is 1. The summed E-state index contributed by atoms with van der Waals surface area (Å²) in [6.45, 7) is 0. The number of nitrogens with one attached hydrogen (secondary N) is 1. The summed E-state index contributed by atoms with van der Waals surface area (Å²) in [5.41, 5.74) is 4.45. The Morgan fingerprint density at radius 3 is 2.78 bits per heavy atom. The van der Waals surface area contributed by atoms with Gasteiger partial charge in [0.15, 0.2) is 0 Å². The molecule has 0 saturated heterocycles. The first kappa shape index (κ1) is 17.6. The average molecular weight is 364 g/mol. The number of ether oxygens (including phenoxy) is 1. The smallest absolute Gasteiger partial charge is 0.354 e. The number of methoxy groups -OCH3 is 1. The van der Waals surface area contributed by atoms with Crippen LogP contribution in [0.3, 0.4) is 0 Å². The SMILES string of the molecule is COc1ccc2c(Cc3cccc(C(=O)O)n3)c(C3CCCCC3)[nH]c2c1. The van der Waals surface area contributed by atoms with Gasteiger partial charge < -0.3 is 14.8 Å². The maximum atomic E-state index is 11.3. The van der Waals surface area contributed by atoms with Crippen molar-refractivity contribution in [2.75, 3.05) is 7.11 Å². The summed E-state index contributed by atoms with van der Waals surface area (Å²) in [6.07, 6.45) is 6.84. The largest absolute Gasteiger partial charge is 0.497 e. The summed E-state index contributed by atoms with van der Waals surface area (Å²) >= 11 is 0. The molecule has 0 unspecified atom stereocenters. The highest BCUT2D eigenvalue weighted by molar-refractivity contribution is 5.87. The number of fused-ring (bicyclic) bond motifs is 1. The van der Waals surface area contributed by atoms with Crippen LogP contribution in [0.1, 0.15) is 65.5 Å². The Morgan fingerprint density at radius 2 is 2.04 bits per heavy atom. The molecule has 5 nitrogen and oxygen atoms in total. The van der Waals surface area contributed by atoms with Crippen molar-refractivity contribution in [2.24, 2.45) is 0 Å². The van der Waals surface area contributed by atoms with Gasteiger partial charge in [-0.25, -0.2) is 9.78 Å². The summed E-state index contributed by atoms with van der Waals surface area (Å²) < 4.78 is 5.38. The van der Waals surface area contributed by atoms with E-state index in [9.17, 15) is 9.90 Å². The van der Waals surface area contributed by atoms with Crippen LogP contribution in [-0.4, -0.2) is 28.2 Å². The van der Waals surface area contributed by atoms with Gasteiger partial charge in [0, 0.05) is 34.8 Å². The normalized spacial score (nSPS) is 15.1. The van der Waals surface area contributed by atoms with E-state index in [4.69, 9.17) is 4.74 Å². The first-order valence-corrected chi connectivity index (χ1v) is 9.53. The molecule has 4 rings (SSSR count). The Hall–Kier alpha value is -2.82. The Labute approximate surface area is 158 Å². The lowest BCUT2D eigenvalue weighted by molar-refractivity contribution is 0.0690.